The third-order valence-electron chi connectivity index (χ3n) is 7.46. The Bertz CT molecular complexity index is 909. The van der Waals surface area contributed by atoms with Crippen LogP contribution in [-0.4, -0.2) is 65.9 Å². The maximum absolute atomic E-state index is 13.0. The van der Waals surface area contributed by atoms with Gasteiger partial charge in [-0.25, -0.2) is 0 Å². The van der Waals surface area contributed by atoms with Gasteiger partial charge in [0.25, 0.3) is 5.91 Å². The van der Waals surface area contributed by atoms with Gasteiger partial charge < -0.3 is 15.4 Å². The monoisotopic (exact) mass is 426 g/mol. The molecule has 3 saturated heterocycles. The fraction of sp³-hybridized carbons (Fsp3) is 0.609. The number of amides is 3. The molecule has 0 bridgehead atoms. The van der Waals surface area contributed by atoms with Crippen molar-refractivity contribution in [3.05, 3.63) is 34.9 Å². The van der Waals surface area contributed by atoms with Gasteiger partial charge in [-0.1, -0.05) is 12.1 Å². The van der Waals surface area contributed by atoms with Crippen LogP contribution in [0, 0.1) is 5.41 Å². The second-order valence-corrected chi connectivity index (χ2v) is 9.54. The number of rotatable bonds is 4. The average Bonchev–Trinajstić information content (AvgIpc) is 3.31. The van der Waals surface area contributed by atoms with E-state index >= 15 is 0 Å². The lowest BCUT2D eigenvalue weighted by molar-refractivity contribution is -0.136. The molecule has 8 nitrogen and oxygen atoms in total. The highest BCUT2D eigenvalue weighted by Gasteiger charge is 2.42. The van der Waals surface area contributed by atoms with Crippen molar-refractivity contribution < 1.29 is 19.1 Å². The van der Waals surface area contributed by atoms with Gasteiger partial charge in [0.1, 0.15) is 6.04 Å². The normalized spacial score (nSPS) is 28.3. The molecule has 3 amide bonds. The fourth-order valence-corrected chi connectivity index (χ4v) is 5.54. The molecule has 0 aliphatic carbocycles. The van der Waals surface area contributed by atoms with Gasteiger partial charge in [0, 0.05) is 31.6 Å². The fourth-order valence-electron chi connectivity index (χ4n) is 5.54. The van der Waals surface area contributed by atoms with Gasteiger partial charge in [-0.2, -0.15) is 0 Å². The molecule has 3 fully saturated rings. The van der Waals surface area contributed by atoms with Crippen LogP contribution < -0.4 is 11.1 Å². The van der Waals surface area contributed by atoms with Crippen LogP contribution in [0.1, 0.15) is 53.6 Å². The Morgan fingerprint density at radius 1 is 1.19 bits per heavy atom. The predicted molar refractivity (Wildman–Crippen MR) is 113 cm³/mol. The number of imide groups is 1. The summed E-state index contributed by atoms with van der Waals surface area (Å²) < 4.78 is 5.85. The van der Waals surface area contributed by atoms with E-state index in [4.69, 9.17) is 10.5 Å². The number of carbonyl (C=O) groups excluding carboxylic acids is 3. The number of carbonyl (C=O) groups is 3. The van der Waals surface area contributed by atoms with E-state index < -0.39 is 6.04 Å². The highest BCUT2D eigenvalue weighted by atomic mass is 16.5. The molecule has 8 heteroatoms. The third kappa shape index (κ3) is 3.88. The first-order chi connectivity index (χ1) is 15.0. The number of nitrogens with two attached hydrogens (primary N) is 1. The molecule has 4 heterocycles. The van der Waals surface area contributed by atoms with Gasteiger partial charge in [0.05, 0.1) is 12.7 Å². The van der Waals surface area contributed by atoms with Gasteiger partial charge in [-0.15, -0.1) is 0 Å². The smallest absolute Gasteiger partial charge is 0.255 e. The van der Waals surface area contributed by atoms with Crippen molar-refractivity contribution in [2.24, 2.45) is 11.1 Å². The lowest BCUT2D eigenvalue weighted by Gasteiger charge is -2.38. The molecule has 0 aromatic heterocycles. The number of ether oxygens (including phenoxy) is 1. The molecule has 166 valence electrons. The van der Waals surface area contributed by atoms with Gasteiger partial charge >= 0.3 is 0 Å². The van der Waals surface area contributed by atoms with Crippen LogP contribution in [0.4, 0.5) is 0 Å². The summed E-state index contributed by atoms with van der Waals surface area (Å²) in [7, 11) is 0. The molecule has 4 aliphatic heterocycles. The molecular formula is C23H30N4O4. The van der Waals surface area contributed by atoms with E-state index in [-0.39, 0.29) is 35.7 Å². The number of nitrogens with zero attached hydrogens (tertiary/aromatic N) is 2. The number of hydrogen-bond acceptors (Lipinski definition) is 6. The average molecular weight is 427 g/mol. The zero-order valence-corrected chi connectivity index (χ0v) is 17.8. The second kappa shape index (κ2) is 8.00. The van der Waals surface area contributed by atoms with E-state index in [2.05, 4.69) is 16.3 Å². The highest BCUT2D eigenvalue weighted by molar-refractivity contribution is 6.05. The number of nitrogens with one attached hydrogen (secondary N) is 1. The summed E-state index contributed by atoms with van der Waals surface area (Å²) in [5.74, 6) is -0.744. The zero-order valence-electron chi connectivity index (χ0n) is 17.8. The largest absolute Gasteiger partial charge is 0.376 e. The summed E-state index contributed by atoms with van der Waals surface area (Å²) in [5, 5.41) is 2.35. The Kier molecular flexibility index (Phi) is 5.32. The number of piperidine rings is 2. The van der Waals surface area contributed by atoms with Gasteiger partial charge in [0.15, 0.2) is 0 Å². The minimum atomic E-state index is -0.565. The van der Waals surface area contributed by atoms with Crippen molar-refractivity contribution in [2.45, 2.75) is 57.3 Å². The summed E-state index contributed by atoms with van der Waals surface area (Å²) in [5.41, 5.74) is 8.82. The maximum atomic E-state index is 13.0. The number of hydrogen-bond donors (Lipinski definition) is 2. The molecule has 31 heavy (non-hydrogen) atoms. The summed E-state index contributed by atoms with van der Waals surface area (Å²) in [6.45, 7) is 4.71. The molecular weight excluding hydrogens is 396 g/mol. The van der Waals surface area contributed by atoms with Gasteiger partial charge in [0.2, 0.25) is 11.8 Å². The molecule has 5 rings (SSSR count). The number of fused-ring (bicyclic) bond motifs is 1. The molecule has 1 aromatic rings. The molecule has 1 aromatic carbocycles. The first-order valence-electron chi connectivity index (χ1n) is 11.3. The van der Waals surface area contributed by atoms with E-state index in [0.717, 1.165) is 56.6 Å². The minimum absolute atomic E-state index is 0.111. The number of benzene rings is 1. The Labute approximate surface area is 182 Å². The second-order valence-electron chi connectivity index (χ2n) is 9.54. The molecule has 1 spiro atoms. The van der Waals surface area contributed by atoms with Crippen molar-refractivity contribution in [1.29, 1.82) is 0 Å². The van der Waals surface area contributed by atoms with Crippen molar-refractivity contribution >= 4 is 17.7 Å². The van der Waals surface area contributed by atoms with Crippen LogP contribution in [-0.2, 0) is 27.4 Å². The maximum Gasteiger partial charge on any atom is 0.255 e. The Morgan fingerprint density at radius 3 is 2.71 bits per heavy atom. The van der Waals surface area contributed by atoms with Crippen molar-refractivity contribution in [3.63, 3.8) is 0 Å². The first-order valence-corrected chi connectivity index (χ1v) is 11.3. The van der Waals surface area contributed by atoms with Gasteiger partial charge in [-0.3, -0.25) is 24.6 Å². The summed E-state index contributed by atoms with van der Waals surface area (Å²) >= 11 is 0. The van der Waals surface area contributed by atoms with Crippen LogP contribution in [0.5, 0.6) is 0 Å². The predicted octanol–water partition coefficient (Wildman–Crippen LogP) is 0.777. The van der Waals surface area contributed by atoms with Crippen LogP contribution in [0.25, 0.3) is 0 Å². The number of likely N-dealkylation sites (tertiary alicyclic amines) is 1. The lowest BCUT2D eigenvalue weighted by Crippen LogP contribution is -2.52. The van der Waals surface area contributed by atoms with Crippen molar-refractivity contribution in [3.8, 4) is 0 Å². The first kappa shape index (κ1) is 20.6. The van der Waals surface area contributed by atoms with Crippen LogP contribution in [0.15, 0.2) is 18.2 Å². The highest BCUT2D eigenvalue weighted by Crippen LogP contribution is 2.42. The molecule has 0 radical (unpaired) electrons. The Morgan fingerprint density at radius 2 is 2.00 bits per heavy atom. The summed E-state index contributed by atoms with van der Waals surface area (Å²) in [4.78, 5) is 40.7. The van der Waals surface area contributed by atoms with E-state index in [9.17, 15) is 14.4 Å². The molecule has 2 atom stereocenters. The van der Waals surface area contributed by atoms with Crippen LogP contribution in [0.3, 0.4) is 0 Å². The molecule has 2 unspecified atom stereocenters. The molecule has 0 saturated carbocycles. The van der Waals surface area contributed by atoms with Crippen LogP contribution >= 0.6 is 0 Å². The standard InChI is InChI=1S/C23H30N4O4/c24-11-17-10-23(14-31-17)5-7-26(8-6-23)12-15-1-2-16-13-27(22(30)18(16)9-15)19-3-4-20(28)25-21(19)29/h1-2,9,17,19H,3-8,10-14,24H2,(H,25,28,29). The van der Waals surface area contributed by atoms with Gasteiger partial charge in [-0.05, 0) is 61.4 Å². The minimum Gasteiger partial charge on any atom is -0.376 e. The van der Waals surface area contributed by atoms with E-state index in [1.807, 2.05) is 12.1 Å². The molecule has 4 aliphatic rings. The van der Waals surface area contributed by atoms with E-state index in [0.29, 0.717) is 25.1 Å². The lowest BCUT2D eigenvalue weighted by atomic mass is 9.76. The SMILES string of the molecule is NCC1CC2(CCN(Cc3ccc4c(c3)C(=O)N(C3CCC(=O)NC3=O)C4)CC2)CO1. The molecule has 3 N–H and O–H groups in total. The summed E-state index contributed by atoms with van der Waals surface area (Å²) in [6.07, 6.45) is 4.19. The summed E-state index contributed by atoms with van der Waals surface area (Å²) in [6, 6.07) is 5.52. The zero-order chi connectivity index (χ0) is 21.6. The van der Waals surface area contributed by atoms with Crippen molar-refractivity contribution in [2.75, 3.05) is 26.2 Å². The van der Waals surface area contributed by atoms with Crippen LogP contribution in [0.2, 0.25) is 0 Å². The van der Waals surface area contributed by atoms with Crippen molar-refractivity contribution in [1.82, 2.24) is 15.1 Å². The Balaban J connectivity index is 1.22. The third-order valence-corrected chi connectivity index (χ3v) is 7.46. The quantitative estimate of drug-likeness (QED) is 0.690. The topological polar surface area (TPSA) is 105 Å². The van der Waals surface area contributed by atoms with E-state index in [1.54, 1.807) is 4.90 Å². The van der Waals surface area contributed by atoms with E-state index in [1.165, 1.54) is 0 Å². The Hall–Kier alpha value is -2.29.